The van der Waals surface area contributed by atoms with Crippen molar-refractivity contribution in [1.29, 1.82) is 0 Å². The third-order valence-corrected chi connectivity index (χ3v) is 9.62. The molecule has 9 amide bonds. The molecule has 0 radical (unpaired) electrons. The molecule has 6 unspecified atom stereocenters. The van der Waals surface area contributed by atoms with Crippen molar-refractivity contribution < 1.29 is 47.9 Å². The van der Waals surface area contributed by atoms with Crippen LogP contribution >= 0.6 is 23.5 Å². The quantitative estimate of drug-likeness (QED) is 0.0534. The first-order valence-corrected chi connectivity index (χ1v) is 18.5. The van der Waals surface area contributed by atoms with Gasteiger partial charge in [-0.05, 0) is 40.2 Å². The number of hydrogen-bond acceptors (Lipinski definition) is 12. The van der Waals surface area contributed by atoms with Gasteiger partial charge in [-0.25, -0.2) is 0 Å². The number of ether oxygens (including phenoxy) is 1. The van der Waals surface area contributed by atoms with E-state index in [0.717, 1.165) is 9.80 Å². The van der Waals surface area contributed by atoms with Crippen LogP contribution in [0, 0.1) is 0 Å². The molecule has 2 rings (SSSR count). The Labute approximate surface area is 293 Å². The van der Waals surface area contributed by atoms with Gasteiger partial charge in [-0.3, -0.25) is 53.0 Å². The maximum absolute atomic E-state index is 12.9. The van der Waals surface area contributed by atoms with Crippen LogP contribution in [-0.4, -0.2) is 137 Å². The molecule has 0 bridgehead atoms. The minimum absolute atomic E-state index is 0.00523. The van der Waals surface area contributed by atoms with Crippen LogP contribution in [0.4, 0.5) is 0 Å². The van der Waals surface area contributed by atoms with Gasteiger partial charge in [0.05, 0.1) is 16.7 Å². The van der Waals surface area contributed by atoms with Gasteiger partial charge in [0.15, 0.2) is 0 Å². The van der Waals surface area contributed by atoms with Crippen molar-refractivity contribution in [1.82, 2.24) is 36.4 Å². The fourth-order valence-corrected chi connectivity index (χ4v) is 6.38. The van der Waals surface area contributed by atoms with Crippen molar-refractivity contribution in [3.63, 3.8) is 0 Å². The van der Waals surface area contributed by atoms with Gasteiger partial charge in [-0.1, -0.05) is 0 Å². The predicted molar refractivity (Wildman–Crippen MR) is 181 cm³/mol. The monoisotopic (exact) mass is 729 g/mol. The number of imide groups is 2. The Morgan fingerprint density at radius 2 is 1.35 bits per heavy atom. The summed E-state index contributed by atoms with van der Waals surface area (Å²) < 4.78 is 5.30. The summed E-state index contributed by atoms with van der Waals surface area (Å²) >= 11 is 2.51. The zero-order valence-electron chi connectivity index (χ0n) is 28.6. The number of nitrogens with zero attached hydrogens (tertiary/aromatic N) is 2. The molecule has 2 aliphatic rings. The Kier molecular flexibility index (Phi) is 17.0. The number of hydrogen-bond donors (Lipinski definition) is 5. The number of nitrogens with one attached hydrogen (secondary N) is 5. The van der Waals surface area contributed by atoms with Crippen molar-refractivity contribution in [2.75, 3.05) is 38.8 Å². The van der Waals surface area contributed by atoms with Gasteiger partial charge < -0.3 is 31.3 Å². The Morgan fingerprint density at radius 1 is 0.776 bits per heavy atom. The second-order valence-electron chi connectivity index (χ2n) is 11.5. The highest BCUT2D eigenvalue weighted by Gasteiger charge is 2.43. The van der Waals surface area contributed by atoms with E-state index in [-0.39, 0.29) is 70.2 Å². The molecular weight excluding hydrogens is 683 g/mol. The SMILES string of the molecule is CCOC(C)C(=O)NC(CC(=O)NCCNC(=O)CCN1C(=O)CC(SC)C1=O)CC(=O)NC(C)NC(=O)C(C)N1C(=O)CC(SC)C1=O. The van der Waals surface area contributed by atoms with E-state index in [1.807, 2.05) is 0 Å². The standard InChI is InChI=1S/C30H47N7O10S2/c1-7-47-17(3)28(44)35-19(12-23(39)32-10-9-31-22(38)8-11-36-25(41)14-20(48-5)29(36)45)13-24(40)33-18(4)34-27(43)16(2)37-26(42)15-21(49-6)30(37)46/h16-21H,7-15H2,1-6H3,(H,31,38)(H,32,39)(H,33,40)(H,34,43)(H,35,44). The van der Waals surface area contributed by atoms with Crippen LogP contribution in [0.2, 0.25) is 0 Å². The summed E-state index contributed by atoms with van der Waals surface area (Å²) in [6.45, 7) is 6.44. The molecule has 2 saturated heterocycles. The lowest BCUT2D eigenvalue weighted by atomic mass is 10.1. The molecular formula is C30H47N7O10S2. The summed E-state index contributed by atoms with van der Waals surface area (Å²) in [6, 6.07) is -2.06. The molecule has 2 aliphatic heterocycles. The molecule has 0 spiro atoms. The highest BCUT2D eigenvalue weighted by Crippen LogP contribution is 2.25. The van der Waals surface area contributed by atoms with E-state index in [2.05, 4.69) is 26.6 Å². The third kappa shape index (κ3) is 12.6. The van der Waals surface area contributed by atoms with Gasteiger partial charge in [-0.2, -0.15) is 23.5 Å². The topological polar surface area (TPSA) is 229 Å². The van der Waals surface area contributed by atoms with Crippen molar-refractivity contribution in [3.8, 4) is 0 Å². The minimum Gasteiger partial charge on any atom is -0.369 e. The van der Waals surface area contributed by atoms with Crippen LogP contribution in [0.15, 0.2) is 0 Å². The highest BCUT2D eigenvalue weighted by atomic mass is 32.2. The van der Waals surface area contributed by atoms with Gasteiger partial charge >= 0.3 is 0 Å². The number of rotatable bonds is 20. The summed E-state index contributed by atoms with van der Waals surface area (Å²) in [5.41, 5.74) is 0. The second kappa shape index (κ2) is 20.1. The van der Waals surface area contributed by atoms with Gasteiger partial charge in [0.2, 0.25) is 53.2 Å². The average Bonchev–Trinajstić information content (AvgIpc) is 3.48. The molecule has 0 aromatic heterocycles. The summed E-state index contributed by atoms with van der Waals surface area (Å²) in [6.07, 6.45) is 1.06. The number of carbonyl (C=O) groups excluding carboxylic acids is 9. The molecule has 17 nitrogen and oxygen atoms in total. The first-order valence-electron chi connectivity index (χ1n) is 15.9. The maximum Gasteiger partial charge on any atom is 0.249 e. The molecule has 0 aromatic carbocycles. The van der Waals surface area contributed by atoms with Crippen LogP contribution in [-0.2, 0) is 47.9 Å². The molecule has 49 heavy (non-hydrogen) atoms. The van der Waals surface area contributed by atoms with E-state index in [1.54, 1.807) is 19.4 Å². The van der Waals surface area contributed by atoms with Crippen molar-refractivity contribution in [2.45, 2.75) is 94.7 Å². The van der Waals surface area contributed by atoms with Crippen molar-refractivity contribution in [3.05, 3.63) is 0 Å². The first-order chi connectivity index (χ1) is 23.1. The zero-order valence-corrected chi connectivity index (χ0v) is 30.3. The fourth-order valence-electron chi connectivity index (χ4n) is 5.12. The van der Waals surface area contributed by atoms with Gasteiger partial charge in [0.25, 0.3) is 0 Å². The zero-order chi connectivity index (χ0) is 36.8. The molecule has 0 saturated carbocycles. The average molecular weight is 730 g/mol. The minimum atomic E-state index is -1.09. The lowest BCUT2D eigenvalue weighted by Gasteiger charge is -2.25. The Hall–Kier alpha value is -3.71. The van der Waals surface area contributed by atoms with Crippen LogP contribution in [0.5, 0.6) is 0 Å². The first kappa shape index (κ1) is 41.5. The molecule has 6 atom stereocenters. The summed E-state index contributed by atoms with van der Waals surface area (Å²) in [7, 11) is 0. The normalized spacial score (nSPS) is 20.0. The fraction of sp³-hybridized carbons (Fsp3) is 0.700. The maximum atomic E-state index is 12.9. The van der Waals surface area contributed by atoms with Gasteiger partial charge in [-0.15, -0.1) is 0 Å². The van der Waals surface area contributed by atoms with Crippen LogP contribution in [0.25, 0.3) is 0 Å². The van der Waals surface area contributed by atoms with E-state index >= 15 is 0 Å². The summed E-state index contributed by atoms with van der Waals surface area (Å²) in [5.74, 6) is -4.27. The Balaban J connectivity index is 1.85. The number of amides is 9. The summed E-state index contributed by atoms with van der Waals surface area (Å²) in [5, 5.41) is 12.0. The summed E-state index contributed by atoms with van der Waals surface area (Å²) in [4.78, 5) is 114. The van der Waals surface area contributed by atoms with Crippen molar-refractivity contribution in [2.24, 2.45) is 0 Å². The lowest BCUT2D eigenvalue weighted by molar-refractivity contribution is -0.146. The molecule has 19 heteroatoms. The third-order valence-electron chi connectivity index (χ3n) is 7.74. The largest absolute Gasteiger partial charge is 0.369 e. The van der Waals surface area contributed by atoms with Crippen LogP contribution in [0.1, 0.15) is 59.8 Å². The predicted octanol–water partition coefficient (Wildman–Crippen LogP) is -1.75. The Morgan fingerprint density at radius 3 is 1.92 bits per heavy atom. The number of carbonyl (C=O) groups is 9. The molecule has 0 aliphatic carbocycles. The molecule has 2 heterocycles. The van der Waals surface area contributed by atoms with E-state index in [0.29, 0.717) is 0 Å². The highest BCUT2D eigenvalue weighted by molar-refractivity contribution is 8.00. The van der Waals surface area contributed by atoms with E-state index in [9.17, 15) is 43.2 Å². The number of likely N-dealkylation sites (tertiary alicyclic amines) is 2. The second-order valence-corrected chi connectivity index (χ2v) is 13.6. The van der Waals surface area contributed by atoms with E-state index < -0.39 is 76.2 Å². The lowest BCUT2D eigenvalue weighted by Crippen LogP contribution is -2.54. The van der Waals surface area contributed by atoms with Gasteiger partial charge in [0, 0.05) is 64.4 Å². The smallest absolute Gasteiger partial charge is 0.249 e. The van der Waals surface area contributed by atoms with Crippen LogP contribution < -0.4 is 26.6 Å². The van der Waals surface area contributed by atoms with E-state index in [4.69, 9.17) is 4.74 Å². The van der Waals surface area contributed by atoms with E-state index in [1.165, 1.54) is 44.3 Å². The Bertz CT molecular complexity index is 1290. The van der Waals surface area contributed by atoms with Gasteiger partial charge in [0.1, 0.15) is 12.1 Å². The molecule has 5 N–H and O–H groups in total. The van der Waals surface area contributed by atoms with Crippen LogP contribution in [0.3, 0.4) is 0 Å². The van der Waals surface area contributed by atoms with Crippen molar-refractivity contribution >= 4 is 76.7 Å². The molecule has 0 aromatic rings. The molecule has 2 fully saturated rings. The molecule has 274 valence electrons. The number of thioether (sulfide) groups is 2.